The molecule has 1 heterocycles. The molecule has 1 N–H and O–H groups in total. The lowest BCUT2D eigenvalue weighted by Crippen LogP contribution is -2.51. The number of carbonyl (C=O) groups is 2. The second-order valence-corrected chi connectivity index (χ2v) is 10.3. The van der Waals surface area contributed by atoms with E-state index in [1.165, 1.54) is 24.1 Å². The first-order valence-corrected chi connectivity index (χ1v) is 13.0. The van der Waals surface area contributed by atoms with E-state index in [4.69, 9.17) is 32.7 Å². The third-order valence-corrected chi connectivity index (χ3v) is 7.17. The summed E-state index contributed by atoms with van der Waals surface area (Å²) >= 11 is 12.1. The van der Waals surface area contributed by atoms with Gasteiger partial charge in [0, 0.05) is 19.7 Å². The topological polar surface area (TPSA) is 105 Å². The van der Waals surface area contributed by atoms with Crippen molar-refractivity contribution in [1.29, 1.82) is 0 Å². The molecule has 12 heteroatoms. The number of sulfonamides is 1. The number of halogens is 2. The smallest absolute Gasteiger partial charge is 0.244 e. The second-order valence-electron chi connectivity index (χ2n) is 7.62. The number of nitrogens with zero attached hydrogens (tertiary/aromatic N) is 2. The molecule has 0 aromatic heterocycles. The third kappa shape index (κ3) is 5.86. The summed E-state index contributed by atoms with van der Waals surface area (Å²) in [5.41, 5.74) is 0.877. The van der Waals surface area contributed by atoms with Crippen molar-refractivity contribution in [2.24, 2.45) is 0 Å². The number of rotatable bonds is 9. The molecule has 0 radical (unpaired) electrons. The van der Waals surface area contributed by atoms with Gasteiger partial charge < -0.3 is 19.7 Å². The molecule has 1 aliphatic heterocycles. The lowest BCUT2D eigenvalue weighted by atomic mass is 10.1. The van der Waals surface area contributed by atoms with Crippen LogP contribution in [0.25, 0.3) is 0 Å². The van der Waals surface area contributed by atoms with Gasteiger partial charge in [-0.25, -0.2) is 8.42 Å². The Morgan fingerprint density at radius 2 is 1.79 bits per heavy atom. The highest BCUT2D eigenvalue weighted by molar-refractivity contribution is 7.92. The summed E-state index contributed by atoms with van der Waals surface area (Å²) in [4.78, 5) is 27.4. The average Bonchev–Trinajstić information content (AvgIpc) is 3.26. The molecule has 3 rings (SSSR count). The monoisotopic (exact) mass is 529 g/mol. The van der Waals surface area contributed by atoms with Crippen molar-refractivity contribution in [3.05, 3.63) is 52.0 Å². The molecular weight excluding hydrogens is 505 g/mol. The Morgan fingerprint density at radius 3 is 2.41 bits per heavy atom. The molecule has 184 valence electrons. The molecule has 0 saturated heterocycles. The van der Waals surface area contributed by atoms with Gasteiger partial charge in [-0.3, -0.25) is 13.9 Å². The van der Waals surface area contributed by atoms with Crippen LogP contribution in [0.2, 0.25) is 10.0 Å². The molecule has 2 amide bonds. The normalized spacial score (nSPS) is 13.3. The van der Waals surface area contributed by atoms with Gasteiger partial charge in [0.15, 0.2) is 11.5 Å². The number of benzene rings is 2. The number of hydrogen-bond acceptors (Lipinski definition) is 6. The molecule has 2 aromatic carbocycles. The minimum Gasteiger partial charge on any atom is -0.454 e. The number of ether oxygens (including phenoxy) is 2. The highest BCUT2D eigenvalue weighted by Gasteiger charge is 2.32. The number of likely N-dealkylation sites (N-methyl/N-ethyl adjacent to an activating group) is 1. The summed E-state index contributed by atoms with van der Waals surface area (Å²) in [6.45, 7) is 1.30. The zero-order chi connectivity index (χ0) is 25.0. The standard InChI is InChI=1S/C22H25Cl2N3O6S/c1-4-18(22(29)25-2)26(11-14-5-7-16(23)17(24)9-14)21(28)12-27(34(3,30)31)15-6-8-19-20(10-15)33-13-32-19/h5-10,18H,4,11-13H2,1-3H3,(H,25,29). The van der Waals surface area contributed by atoms with E-state index in [0.29, 0.717) is 33.5 Å². The van der Waals surface area contributed by atoms with Gasteiger partial charge in [0.05, 0.1) is 22.0 Å². The first-order valence-electron chi connectivity index (χ1n) is 10.4. The third-order valence-electron chi connectivity index (χ3n) is 5.29. The molecule has 0 fully saturated rings. The van der Waals surface area contributed by atoms with E-state index in [2.05, 4.69) is 5.32 Å². The van der Waals surface area contributed by atoms with Crippen LogP contribution < -0.4 is 19.1 Å². The Hall–Kier alpha value is -2.69. The van der Waals surface area contributed by atoms with E-state index in [0.717, 1.165) is 10.6 Å². The van der Waals surface area contributed by atoms with Gasteiger partial charge in [0.1, 0.15) is 12.6 Å². The summed E-state index contributed by atoms with van der Waals surface area (Å²) in [6.07, 6.45) is 1.32. The van der Waals surface area contributed by atoms with Crippen LogP contribution in [0, 0.1) is 0 Å². The predicted molar refractivity (Wildman–Crippen MR) is 130 cm³/mol. The maximum atomic E-state index is 13.5. The SMILES string of the molecule is CCC(C(=O)NC)N(Cc1ccc(Cl)c(Cl)c1)C(=O)CN(c1ccc2c(c1)OCO2)S(C)(=O)=O. The average molecular weight is 530 g/mol. The van der Waals surface area contributed by atoms with E-state index < -0.39 is 28.5 Å². The van der Waals surface area contributed by atoms with Crippen molar-refractivity contribution in [2.75, 3.05) is 30.9 Å². The van der Waals surface area contributed by atoms with Gasteiger partial charge in [0.2, 0.25) is 28.6 Å². The predicted octanol–water partition coefficient (Wildman–Crippen LogP) is 3.04. The van der Waals surface area contributed by atoms with E-state index in [9.17, 15) is 18.0 Å². The Bertz CT molecular complexity index is 1190. The van der Waals surface area contributed by atoms with Crippen LogP contribution in [0.5, 0.6) is 11.5 Å². The maximum absolute atomic E-state index is 13.5. The Labute approximate surface area is 208 Å². The summed E-state index contributed by atoms with van der Waals surface area (Å²) in [6, 6.07) is 8.66. The van der Waals surface area contributed by atoms with Crippen LogP contribution in [0.3, 0.4) is 0 Å². The number of carbonyl (C=O) groups excluding carboxylic acids is 2. The van der Waals surface area contributed by atoms with Crippen LogP contribution in [0.1, 0.15) is 18.9 Å². The molecule has 0 saturated carbocycles. The van der Waals surface area contributed by atoms with Crippen LogP contribution >= 0.6 is 23.2 Å². The van der Waals surface area contributed by atoms with Crippen LogP contribution in [-0.4, -0.2) is 57.8 Å². The van der Waals surface area contributed by atoms with E-state index in [1.54, 1.807) is 31.2 Å². The second kappa shape index (κ2) is 10.7. The number of amides is 2. The van der Waals surface area contributed by atoms with Gasteiger partial charge >= 0.3 is 0 Å². The molecular formula is C22H25Cl2N3O6S. The Balaban J connectivity index is 1.95. The quantitative estimate of drug-likeness (QED) is 0.535. The van der Waals surface area contributed by atoms with Gasteiger partial charge in [-0.1, -0.05) is 36.2 Å². The molecule has 1 aliphatic rings. The fourth-order valence-electron chi connectivity index (χ4n) is 3.57. The van der Waals surface area contributed by atoms with Crippen LogP contribution in [-0.2, 0) is 26.2 Å². The van der Waals surface area contributed by atoms with Crippen molar-refractivity contribution in [1.82, 2.24) is 10.2 Å². The van der Waals surface area contributed by atoms with E-state index in [-0.39, 0.29) is 24.9 Å². The molecule has 0 bridgehead atoms. The largest absolute Gasteiger partial charge is 0.454 e. The van der Waals surface area contributed by atoms with Gasteiger partial charge in [0.25, 0.3) is 0 Å². The summed E-state index contributed by atoms with van der Waals surface area (Å²) in [5, 5.41) is 3.22. The zero-order valence-electron chi connectivity index (χ0n) is 18.9. The Morgan fingerprint density at radius 1 is 1.09 bits per heavy atom. The highest BCUT2D eigenvalue weighted by atomic mass is 35.5. The van der Waals surface area contributed by atoms with Crippen molar-refractivity contribution in [3.63, 3.8) is 0 Å². The van der Waals surface area contributed by atoms with Crippen LogP contribution in [0.15, 0.2) is 36.4 Å². The van der Waals surface area contributed by atoms with Gasteiger partial charge in [-0.05, 0) is 36.2 Å². The summed E-state index contributed by atoms with van der Waals surface area (Å²) in [7, 11) is -2.38. The molecule has 1 unspecified atom stereocenters. The lowest BCUT2D eigenvalue weighted by Gasteiger charge is -2.32. The number of nitrogens with one attached hydrogen (secondary N) is 1. The van der Waals surface area contributed by atoms with Gasteiger partial charge in [-0.15, -0.1) is 0 Å². The van der Waals surface area contributed by atoms with Crippen molar-refractivity contribution >= 4 is 50.7 Å². The summed E-state index contributed by atoms with van der Waals surface area (Å²) < 4.78 is 36.8. The molecule has 0 aliphatic carbocycles. The molecule has 2 aromatic rings. The van der Waals surface area contributed by atoms with Crippen molar-refractivity contribution in [2.45, 2.75) is 25.9 Å². The highest BCUT2D eigenvalue weighted by Crippen LogP contribution is 2.36. The van der Waals surface area contributed by atoms with Crippen molar-refractivity contribution in [3.8, 4) is 11.5 Å². The maximum Gasteiger partial charge on any atom is 0.244 e. The zero-order valence-corrected chi connectivity index (χ0v) is 21.2. The molecule has 9 nitrogen and oxygen atoms in total. The van der Waals surface area contributed by atoms with E-state index in [1.807, 2.05) is 0 Å². The number of hydrogen-bond donors (Lipinski definition) is 1. The van der Waals surface area contributed by atoms with E-state index >= 15 is 0 Å². The van der Waals surface area contributed by atoms with Crippen molar-refractivity contribution < 1.29 is 27.5 Å². The molecule has 34 heavy (non-hydrogen) atoms. The molecule has 1 atom stereocenters. The first-order chi connectivity index (χ1) is 16.0. The fourth-order valence-corrected chi connectivity index (χ4v) is 4.74. The number of fused-ring (bicyclic) bond motifs is 1. The Kier molecular flexibility index (Phi) is 8.17. The molecule has 0 spiro atoms. The van der Waals surface area contributed by atoms with Crippen LogP contribution in [0.4, 0.5) is 5.69 Å². The summed E-state index contributed by atoms with van der Waals surface area (Å²) in [5.74, 6) is -0.0759. The number of anilines is 1. The minimum atomic E-state index is -3.86. The minimum absolute atomic E-state index is 0.0261. The fraction of sp³-hybridized carbons (Fsp3) is 0.364. The first kappa shape index (κ1) is 25.9. The lowest BCUT2D eigenvalue weighted by molar-refractivity contribution is -0.140. The van der Waals surface area contributed by atoms with Gasteiger partial charge in [-0.2, -0.15) is 0 Å².